The van der Waals surface area contributed by atoms with E-state index in [-0.39, 0.29) is 0 Å². The first-order valence-corrected chi connectivity index (χ1v) is 9.81. The van der Waals surface area contributed by atoms with Gasteiger partial charge < -0.3 is 14.5 Å². The Balaban J connectivity index is 1.18. The van der Waals surface area contributed by atoms with Crippen molar-refractivity contribution in [1.29, 1.82) is 0 Å². The first-order valence-electron chi connectivity index (χ1n) is 9.81. The van der Waals surface area contributed by atoms with Crippen molar-refractivity contribution in [3.05, 3.63) is 78.8 Å². The Morgan fingerprint density at radius 2 is 1.61 bits per heavy atom. The standard InChI is InChI=1S/C24H23N2O2/c1-2-6-18(7-3-1)19-9-12-26(13-10-19)11-5-4-8-20-16-25-22-15-24-23(14-21(20)22)27-17-28-24/h1-3,6-7,9-10,12-16,25H,4-5,8,11,17H2/q+1. The van der Waals surface area contributed by atoms with E-state index < -0.39 is 0 Å². The molecule has 0 unspecified atom stereocenters. The maximum atomic E-state index is 5.52. The van der Waals surface area contributed by atoms with Crippen LogP contribution in [-0.2, 0) is 13.0 Å². The average Bonchev–Trinajstić information content (AvgIpc) is 3.37. The van der Waals surface area contributed by atoms with Crippen molar-refractivity contribution < 1.29 is 14.0 Å². The van der Waals surface area contributed by atoms with E-state index in [1.165, 1.54) is 22.1 Å². The van der Waals surface area contributed by atoms with E-state index in [1.54, 1.807) is 0 Å². The number of hydrogen-bond donors (Lipinski definition) is 1. The number of nitrogens with one attached hydrogen (secondary N) is 1. The van der Waals surface area contributed by atoms with Crippen molar-refractivity contribution in [3.63, 3.8) is 0 Å². The number of ether oxygens (including phenoxy) is 2. The Morgan fingerprint density at radius 3 is 2.43 bits per heavy atom. The lowest BCUT2D eigenvalue weighted by Gasteiger charge is -2.02. The summed E-state index contributed by atoms with van der Waals surface area (Å²) in [5.74, 6) is 1.68. The van der Waals surface area contributed by atoms with E-state index in [4.69, 9.17) is 9.47 Å². The molecule has 1 N–H and O–H groups in total. The summed E-state index contributed by atoms with van der Waals surface area (Å²) in [6, 6.07) is 19.0. The minimum atomic E-state index is 0.317. The van der Waals surface area contributed by atoms with Crippen LogP contribution in [0.3, 0.4) is 0 Å². The van der Waals surface area contributed by atoms with Gasteiger partial charge in [0.2, 0.25) is 6.79 Å². The van der Waals surface area contributed by atoms with Crippen LogP contribution < -0.4 is 14.0 Å². The Bertz CT molecular complexity index is 1090. The van der Waals surface area contributed by atoms with E-state index in [0.717, 1.165) is 42.8 Å². The third-order valence-corrected chi connectivity index (χ3v) is 5.37. The Kier molecular flexibility index (Phi) is 4.45. The Hall–Kier alpha value is -3.27. The molecule has 0 radical (unpaired) electrons. The zero-order valence-corrected chi connectivity index (χ0v) is 15.7. The van der Waals surface area contributed by atoms with Crippen LogP contribution in [0.2, 0.25) is 0 Å². The lowest BCUT2D eigenvalue weighted by molar-refractivity contribution is -0.697. The summed E-state index contributed by atoms with van der Waals surface area (Å²) in [5.41, 5.74) is 4.98. The van der Waals surface area contributed by atoms with Crippen molar-refractivity contribution in [2.75, 3.05) is 6.79 Å². The number of H-pyrrole nitrogens is 1. The fourth-order valence-corrected chi connectivity index (χ4v) is 3.82. The summed E-state index contributed by atoms with van der Waals surface area (Å²) < 4.78 is 13.2. The lowest BCUT2D eigenvalue weighted by atomic mass is 10.1. The first-order chi connectivity index (χ1) is 13.9. The average molecular weight is 371 g/mol. The quantitative estimate of drug-likeness (QED) is 0.388. The van der Waals surface area contributed by atoms with E-state index in [2.05, 4.69) is 76.7 Å². The molecule has 4 aromatic rings. The topological polar surface area (TPSA) is 38.1 Å². The SMILES string of the molecule is c1ccc(-c2cc[n+](CCCCc3c[nH]c4cc5c(cc34)OCO5)cc2)cc1. The molecule has 0 aliphatic carbocycles. The molecule has 2 aromatic carbocycles. The van der Waals surface area contributed by atoms with Gasteiger partial charge in [-0.05, 0) is 35.6 Å². The highest BCUT2D eigenvalue weighted by Gasteiger charge is 2.16. The van der Waals surface area contributed by atoms with Gasteiger partial charge in [-0.1, -0.05) is 30.3 Å². The summed E-state index contributed by atoms with van der Waals surface area (Å²) in [7, 11) is 0. The Labute approximate surface area is 164 Å². The molecule has 5 rings (SSSR count). The first kappa shape index (κ1) is 16.9. The summed E-state index contributed by atoms with van der Waals surface area (Å²) in [6.07, 6.45) is 9.81. The largest absolute Gasteiger partial charge is 0.454 e. The van der Waals surface area contributed by atoms with Gasteiger partial charge in [0.05, 0.1) is 0 Å². The van der Waals surface area contributed by atoms with Gasteiger partial charge in [0.1, 0.15) is 6.54 Å². The van der Waals surface area contributed by atoms with Crippen molar-refractivity contribution in [2.24, 2.45) is 0 Å². The fraction of sp³-hybridized carbons (Fsp3) is 0.208. The number of pyridine rings is 1. The summed E-state index contributed by atoms with van der Waals surface area (Å²) in [6.45, 7) is 1.35. The zero-order chi connectivity index (χ0) is 18.8. The molecule has 0 bridgehead atoms. The normalized spacial score (nSPS) is 12.6. The van der Waals surface area contributed by atoms with E-state index in [9.17, 15) is 0 Å². The Morgan fingerprint density at radius 1 is 0.857 bits per heavy atom. The smallest absolute Gasteiger partial charge is 0.231 e. The van der Waals surface area contributed by atoms with Gasteiger partial charge >= 0.3 is 0 Å². The van der Waals surface area contributed by atoms with Crippen LogP contribution in [-0.4, -0.2) is 11.8 Å². The van der Waals surface area contributed by atoms with Gasteiger partial charge in [0.15, 0.2) is 23.9 Å². The second-order valence-electron chi connectivity index (χ2n) is 7.21. The molecule has 4 nitrogen and oxygen atoms in total. The van der Waals surface area contributed by atoms with Crippen LogP contribution in [0.1, 0.15) is 18.4 Å². The molecule has 4 heteroatoms. The second-order valence-corrected chi connectivity index (χ2v) is 7.21. The molecule has 0 saturated heterocycles. The van der Waals surface area contributed by atoms with Gasteiger partial charge in [0, 0.05) is 41.7 Å². The molecule has 1 aliphatic heterocycles. The molecule has 3 heterocycles. The van der Waals surface area contributed by atoms with E-state index in [1.807, 2.05) is 6.07 Å². The molecule has 1 aliphatic rings. The van der Waals surface area contributed by atoms with Crippen LogP contribution in [0.25, 0.3) is 22.0 Å². The fourth-order valence-electron chi connectivity index (χ4n) is 3.82. The lowest BCUT2D eigenvalue weighted by Crippen LogP contribution is -2.32. The molecule has 0 amide bonds. The van der Waals surface area contributed by atoms with Crippen molar-refractivity contribution in [1.82, 2.24) is 4.98 Å². The molecule has 0 fully saturated rings. The summed E-state index contributed by atoms with van der Waals surface area (Å²) in [4.78, 5) is 3.36. The summed E-state index contributed by atoms with van der Waals surface area (Å²) >= 11 is 0. The van der Waals surface area contributed by atoms with E-state index >= 15 is 0 Å². The van der Waals surface area contributed by atoms with E-state index in [0.29, 0.717) is 6.79 Å². The number of aromatic amines is 1. The number of fused-ring (bicyclic) bond motifs is 2. The van der Waals surface area contributed by atoms with Gasteiger partial charge in [-0.25, -0.2) is 4.57 Å². The van der Waals surface area contributed by atoms with Crippen molar-refractivity contribution in [2.45, 2.75) is 25.8 Å². The highest BCUT2D eigenvalue weighted by Crippen LogP contribution is 2.37. The molecule has 0 atom stereocenters. The monoisotopic (exact) mass is 371 g/mol. The number of unbranched alkanes of at least 4 members (excludes halogenated alkanes) is 1. The van der Waals surface area contributed by atoms with Gasteiger partial charge in [0.25, 0.3) is 0 Å². The minimum Gasteiger partial charge on any atom is -0.454 e. The molecule has 0 spiro atoms. The predicted molar refractivity (Wildman–Crippen MR) is 109 cm³/mol. The molecular formula is C24H23N2O2+. The number of aromatic nitrogens is 2. The minimum absolute atomic E-state index is 0.317. The molecule has 140 valence electrons. The summed E-state index contributed by atoms with van der Waals surface area (Å²) in [5, 5.41) is 1.24. The number of nitrogens with zero attached hydrogens (tertiary/aromatic N) is 1. The van der Waals surface area contributed by atoms with Crippen LogP contribution in [0.5, 0.6) is 11.5 Å². The molecular weight excluding hydrogens is 348 g/mol. The van der Waals surface area contributed by atoms with Crippen molar-refractivity contribution >= 4 is 10.9 Å². The van der Waals surface area contributed by atoms with Gasteiger partial charge in [-0.3, -0.25) is 0 Å². The number of benzene rings is 2. The van der Waals surface area contributed by atoms with Gasteiger partial charge in [-0.2, -0.15) is 0 Å². The third kappa shape index (κ3) is 3.33. The number of aryl methyl sites for hydroxylation is 2. The highest BCUT2D eigenvalue weighted by molar-refractivity contribution is 5.86. The predicted octanol–water partition coefficient (Wildman–Crippen LogP) is 4.87. The van der Waals surface area contributed by atoms with Crippen LogP contribution in [0.15, 0.2) is 73.2 Å². The van der Waals surface area contributed by atoms with Crippen molar-refractivity contribution in [3.8, 4) is 22.6 Å². The molecule has 2 aromatic heterocycles. The van der Waals surface area contributed by atoms with Crippen LogP contribution >= 0.6 is 0 Å². The molecule has 28 heavy (non-hydrogen) atoms. The number of hydrogen-bond acceptors (Lipinski definition) is 2. The second kappa shape index (κ2) is 7.39. The van der Waals surface area contributed by atoms with Crippen LogP contribution in [0, 0.1) is 0 Å². The van der Waals surface area contributed by atoms with Crippen LogP contribution in [0.4, 0.5) is 0 Å². The maximum Gasteiger partial charge on any atom is 0.231 e. The zero-order valence-electron chi connectivity index (χ0n) is 15.7. The molecule has 0 saturated carbocycles. The third-order valence-electron chi connectivity index (χ3n) is 5.37. The number of rotatable bonds is 6. The highest BCUT2D eigenvalue weighted by atomic mass is 16.7. The van der Waals surface area contributed by atoms with Gasteiger partial charge in [-0.15, -0.1) is 0 Å². The maximum absolute atomic E-state index is 5.52.